The van der Waals surface area contributed by atoms with Gasteiger partial charge in [0.1, 0.15) is 5.52 Å². The van der Waals surface area contributed by atoms with Gasteiger partial charge in [0.2, 0.25) is 5.69 Å². The fourth-order valence-electron chi connectivity index (χ4n) is 2.25. The Bertz CT molecular complexity index is 679. The molecule has 0 fully saturated rings. The molecule has 0 unspecified atom stereocenters. The van der Waals surface area contributed by atoms with Gasteiger partial charge in [-0.1, -0.05) is 47.7 Å². The molecule has 0 aliphatic heterocycles. The summed E-state index contributed by atoms with van der Waals surface area (Å²) >= 11 is 0. The van der Waals surface area contributed by atoms with Crippen molar-refractivity contribution in [1.82, 2.24) is 5.10 Å². The molecule has 2 nitrogen and oxygen atoms in total. The van der Waals surface area contributed by atoms with Crippen LogP contribution >= 0.6 is 0 Å². The second-order valence-electron chi connectivity index (χ2n) is 4.50. The lowest BCUT2D eigenvalue weighted by Crippen LogP contribution is -2.37. The summed E-state index contributed by atoms with van der Waals surface area (Å²) in [5, 5.41) is 5.76. The summed E-state index contributed by atoms with van der Waals surface area (Å²) in [5.41, 5.74) is 4.48. The average Bonchev–Trinajstić information content (AvgIpc) is 2.40. The third-order valence-corrected chi connectivity index (χ3v) is 3.19. The van der Waals surface area contributed by atoms with Crippen molar-refractivity contribution in [1.29, 1.82) is 0 Å². The molecule has 0 aliphatic rings. The normalized spacial score (nSPS) is 12.8. The van der Waals surface area contributed by atoms with E-state index in [9.17, 15) is 0 Å². The Labute approximate surface area is 114 Å². The number of aromatic nitrogens is 2. The Morgan fingerprint density at radius 2 is 2.05 bits per heavy atom. The Morgan fingerprint density at radius 1 is 1.32 bits per heavy atom. The molecule has 1 aromatic carbocycles. The van der Waals surface area contributed by atoms with Gasteiger partial charge in [0.05, 0.1) is 0 Å². The van der Waals surface area contributed by atoms with Gasteiger partial charge in [-0.25, -0.2) is 0 Å². The van der Waals surface area contributed by atoms with E-state index in [2.05, 4.69) is 36.8 Å². The monoisotopic (exact) mass is 251 g/mol. The molecule has 0 N–H and O–H groups in total. The van der Waals surface area contributed by atoms with Gasteiger partial charge >= 0.3 is 0 Å². The van der Waals surface area contributed by atoms with Crippen LogP contribution in [0.3, 0.4) is 0 Å². The summed E-state index contributed by atoms with van der Waals surface area (Å²) < 4.78 is 1.93. The lowest BCUT2D eigenvalue weighted by molar-refractivity contribution is -0.730. The topological polar surface area (TPSA) is 16.8 Å². The summed E-state index contributed by atoms with van der Waals surface area (Å²) in [4.78, 5) is 0. The summed E-state index contributed by atoms with van der Waals surface area (Å²) in [6.07, 6.45) is 5.94. The van der Waals surface area contributed by atoms with Crippen LogP contribution in [0.4, 0.5) is 0 Å². The van der Waals surface area contributed by atoms with Gasteiger partial charge in [0, 0.05) is 22.1 Å². The van der Waals surface area contributed by atoms with Gasteiger partial charge in [0.25, 0.3) is 0 Å². The van der Waals surface area contributed by atoms with Crippen LogP contribution in [0, 0.1) is 0 Å². The molecule has 0 amide bonds. The first-order chi connectivity index (χ1) is 9.17. The van der Waals surface area contributed by atoms with E-state index in [1.165, 1.54) is 11.1 Å². The Hall–Kier alpha value is -2.22. The Kier molecular flexibility index (Phi) is 3.91. The minimum Gasteiger partial charge on any atom is -0.0991 e. The van der Waals surface area contributed by atoms with Crippen molar-refractivity contribution in [2.24, 2.45) is 7.05 Å². The van der Waals surface area contributed by atoms with E-state index in [4.69, 9.17) is 0 Å². The molecule has 19 heavy (non-hydrogen) atoms. The maximum Gasteiger partial charge on any atom is 0.239 e. The fourth-order valence-corrected chi connectivity index (χ4v) is 2.25. The van der Waals surface area contributed by atoms with Crippen LogP contribution in [0.5, 0.6) is 0 Å². The number of benzene rings is 1. The highest BCUT2D eigenvalue weighted by atomic mass is 15.2. The summed E-state index contributed by atoms with van der Waals surface area (Å²) in [6, 6.07) is 10.3. The van der Waals surface area contributed by atoms with Crippen LogP contribution < -0.4 is 4.68 Å². The highest BCUT2D eigenvalue weighted by Crippen LogP contribution is 2.22. The predicted octanol–water partition coefficient (Wildman–Crippen LogP) is 3.59. The third kappa shape index (κ3) is 2.63. The van der Waals surface area contributed by atoms with Crippen molar-refractivity contribution in [3.8, 4) is 0 Å². The highest BCUT2D eigenvalue weighted by Gasteiger charge is 2.16. The molecule has 0 radical (unpaired) electrons. The van der Waals surface area contributed by atoms with Crippen molar-refractivity contribution >= 4 is 16.5 Å². The second kappa shape index (κ2) is 5.61. The lowest BCUT2D eigenvalue weighted by atomic mass is 10.0. The molecule has 96 valence electrons. The minimum absolute atomic E-state index is 1.01. The number of fused-ring (bicyclic) bond motifs is 1. The summed E-state index contributed by atoms with van der Waals surface area (Å²) in [6.45, 7) is 7.89. The van der Waals surface area contributed by atoms with Gasteiger partial charge in [-0.15, -0.1) is 0 Å². The molecule has 0 saturated carbocycles. The predicted molar refractivity (Wildman–Crippen MR) is 80.5 cm³/mol. The molecular weight excluding hydrogens is 232 g/mol. The average molecular weight is 251 g/mol. The van der Waals surface area contributed by atoms with Crippen LogP contribution in [0.2, 0.25) is 0 Å². The largest absolute Gasteiger partial charge is 0.239 e. The van der Waals surface area contributed by atoms with Crippen molar-refractivity contribution in [3.63, 3.8) is 0 Å². The van der Waals surface area contributed by atoms with Gasteiger partial charge < -0.3 is 0 Å². The van der Waals surface area contributed by atoms with Gasteiger partial charge in [0.15, 0.2) is 7.05 Å². The smallest absolute Gasteiger partial charge is 0.0991 e. The van der Waals surface area contributed by atoms with E-state index in [1.807, 2.05) is 49.0 Å². The molecule has 0 atom stereocenters. The lowest BCUT2D eigenvalue weighted by Gasteiger charge is -2.05. The molecule has 0 saturated heterocycles. The van der Waals surface area contributed by atoms with Crippen LogP contribution in [0.25, 0.3) is 16.5 Å². The maximum absolute atomic E-state index is 4.61. The fraction of sp³-hybridized carbons (Fsp3) is 0.176. The Balaban J connectivity index is 2.64. The minimum atomic E-state index is 1.01. The van der Waals surface area contributed by atoms with E-state index in [-0.39, 0.29) is 0 Å². The van der Waals surface area contributed by atoms with Crippen molar-refractivity contribution in [2.75, 3.05) is 0 Å². The quantitative estimate of drug-likeness (QED) is 0.601. The molecule has 0 aliphatic carbocycles. The third-order valence-electron chi connectivity index (χ3n) is 3.19. The van der Waals surface area contributed by atoms with Gasteiger partial charge in [-0.05, 0) is 25.5 Å². The zero-order valence-electron chi connectivity index (χ0n) is 11.7. The maximum atomic E-state index is 4.61. The molecule has 2 rings (SSSR count). The van der Waals surface area contributed by atoms with Crippen LogP contribution in [0.1, 0.15) is 19.5 Å². The van der Waals surface area contributed by atoms with Crippen LogP contribution in [-0.4, -0.2) is 5.10 Å². The van der Waals surface area contributed by atoms with E-state index in [0.717, 1.165) is 16.6 Å². The molecule has 2 aromatic rings. The highest BCUT2D eigenvalue weighted by molar-refractivity contribution is 5.83. The van der Waals surface area contributed by atoms with Crippen molar-refractivity contribution < 1.29 is 4.68 Å². The SMILES string of the molecule is C=C/C=C(C)\C(=C/C)c1cc2ccccc2n[n+]1C. The summed E-state index contributed by atoms with van der Waals surface area (Å²) in [7, 11) is 1.98. The van der Waals surface area contributed by atoms with E-state index < -0.39 is 0 Å². The number of aryl methyl sites for hydroxylation is 1. The number of hydrogen-bond acceptors (Lipinski definition) is 1. The zero-order valence-corrected chi connectivity index (χ0v) is 11.7. The standard InChI is InChI=1S/C17H19N2/c1-5-9-13(3)15(6-2)17-12-14-10-7-8-11-16(14)18-19(17)4/h5-12H,1H2,2-4H3/q+1/b13-9-,15-6+. The number of hydrogen-bond donors (Lipinski definition) is 0. The zero-order chi connectivity index (χ0) is 13.8. The van der Waals surface area contributed by atoms with Gasteiger partial charge in [-0.2, -0.15) is 0 Å². The van der Waals surface area contributed by atoms with Crippen LogP contribution in [-0.2, 0) is 7.05 Å². The molecule has 0 bridgehead atoms. The van der Waals surface area contributed by atoms with E-state index in [1.54, 1.807) is 0 Å². The molecule has 1 heterocycles. The Morgan fingerprint density at radius 3 is 2.74 bits per heavy atom. The number of allylic oxidation sites excluding steroid dienone is 5. The molecule has 0 spiro atoms. The second-order valence-corrected chi connectivity index (χ2v) is 4.50. The molecular formula is C17H19N2+. The summed E-state index contributed by atoms with van der Waals surface area (Å²) in [5.74, 6) is 0. The number of nitrogens with zero attached hydrogens (tertiary/aromatic N) is 2. The van der Waals surface area contributed by atoms with E-state index >= 15 is 0 Å². The molecule has 2 heteroatoms. The molecule has 1 aromatic heterocycles. The first kappa shape index (κ1) is 13.2. The van der Waals surface area contributed by atoms with E-state index in [0.29, 0.717) is 0 Å². The van der Waals surface area contributed by atoms with Crippen molar-refractivity contribution in [3.05, 3.63) is 66.4 Å². The first-order valence-corrected chi connectivity index (χ1v) is 6.40. The first-order valence-electron chi connectivity index (χ1n) is 6.40. The van der Waals surface area contributed by atoms with Crippen molar-refractivity contribution in [2.45, 2.75) is 13.8 Å². The van der Waals surface area contributed by atoms with Crippen LogP contribution in [0.15, 0.2) is 60.7 Å². The number of rotatable bonds is 3. The van der Waals surface area contributed by atoms with Gasteiger partial charge in [-0.3, -0.25) is 0 Å².